The number of rotatable bonds is 4. The largest absolute Gasteiger partial charge is 0.373 e. The summed E-state index contributed by atoms with van der Waals surface area (Å²) < 4.78 is 0. The van der Waals surface area contributed by atoms with E-state index < -0.39 is 0 Å². The van der Waals surface area contributed by atoms with Gasteiger partial charge in [-0.2, -0.15) is 5.10 Å². The van der Waals surface area contributed by atoms with Crippen LogP contribution in [0.25, 0.3) is 22.0 Å². The van der Waals surface area contributed by atoms with Crippen LogP contribution in [0.15, 0.2) is 42.7 Å². The quantitative estimate of drug-likeness (QED) is 0.403. The molecule has 0 spiro atoms. The zero-order chi connectivity index (χ0) is 23.2. The van der Waals surface area contributed by atoms with Gasteiger partial charge in [0.25, 0.3) is 5.91 Å². The van der Waals surface area contributed by atoms with E-state index in [1.54, 1.807) is 0 Å². The second-order valence-corrected chi connectivity index (χ2v) is 9.38. The number of nitrogens with one attached hydrogen (secondary N) is 3. The molecular formula is C26H28N6O. The number of aryl methyl sites for hydroxylation is 1. The maximum absolute atomic E-state index is 13.1. The first kappa shape index (κ1) is 21.1. The third-order valence-corrected chi connectivity index (χ3v) is 6.62. The van der Waals surface area contributed by atoms with Crippen LogP contribution >= 0.6 is 0 Å². The maximum Gasteiger partial charge on any atom is 0.276 e. The van der Waals surface area contributed by atoms with Gasteiger partial charge >= 0.3 is 0 Å². The Balaban J connectivity index is 1.44. The van der Waals surface area contributed by atoms with Crippen LogP contribution in [-0.4, -0.2) is 33.1 Å². The number of anilines is 2. The Hall–Kier alpha value is -3.74. The number of benzene rings is 1. The van der Waals surface area contributed by atoms with Crippen molar-refractivity contribution in [3.63, 3.8) is 0 Å². The van der Waals surface area contributed by atoms with Crippen LogP contribution < -0.4 is 10.6 Å². The van der Waals surface area contributed by atoms with E-state index in [4.69, 9.17) is 0 Å². The van der Waals surface area contributed by atoms with E-state index in [9.17, 15) is 4.79 Å². The molecule has 0 fully saturated rings. The second-order valence-electron chi connectivity index (χ2n) is 9.38. The lowest BCUT2D eigenvalue weighted by molar-refractivity contribution is 0.102. The van der Waals surface area contributed by atoms with Crippen molar-refractivity contribution < 1.29 is 4.79 Å². The van der Waals surface area contributed by atoms with Crippen molar-refractivity contribution in [1.29, 1.82) is 0 Å². The van der Waals surface area contributed by atoms with Gasteiger partial charge in [0.05, 0.1) is 5.52 Å². The summed E-state index contributed by atoms with van der Waals surface area (Å²) in [5.41, 5.74) is 7.36. The van der Waals surface area contributed by atoms with Crippen LogP contribution in [0.4, 0.5) is 11.5 Å². The number of nitrogens with zero attached hydrogens (tertiary/aromatic N) is 3. The van der Waals surface area contributed by atoms with E-state index >= 15 is 0 Å². The van der Waals surface area contributed by atoms with Crippen molar-refractivity contribution in [3.8, 4) is 11.1 Å². The number of carbonyl (C=O) groups excluding carboxylic acids is 1. The number of aromatic nitrogens is 4. The van der Waals surface area contributed by atoms with Gasteiger partial charge in [-0.1, -0.05) is 19.9 Å². The Bertz CT molecular complexity index is 1370. The monoisotopic (exact) mass is 440 g/mol. The average molecular weight is 441 g/mol. The molecule has 0 radical (unpaired) electrons. The Morgan fingerprint density at radius 1 is 1.12 bits per heavy atom. The lowest BCUT2D eigenvalue weighted by Crippen LogP contribution is -2.25. The molecule has 3 aromatic heterocycles. The van der Waals surface area contributed by atoms with Crippen molar-refractivity contribution in [1.82, 2.24) is 20.2 Å². The minimum atomic E-state index is -0.180. The Labute approximate surface area is 193 Å². The molecule has 7 heteroatoms. The molecule has 3 N–H and O–H groups in total. The number of hydrogen-bond acceptors (Lipinski definition) is 5. The minimum Gasteiger partial charge on any atom is -0.373 e. The Kier molecular flexibility index (Phi) is 5.12. The van der Waals surface area contributed by atoms with Gasteiger partial charge in [0.2, 0.25) is 0 Å². The number of carbonyl (C=O) groups is 1. The van der Waals surface area contributed by atoms with Crippen LogP contribution in [0.3, 0.4) is 0 Å². The first-order valence-electron chi connectivity index (χ1n) is 11.3. The van der Waals surface area contributed by atoms with E-state index in [2.05, 4.69) is 57.6 Å². The molecule has 3 heterocycles. The molecule has 0 unspecified atom stereocenters. The SMILES string of the molecule is CNc1cc2ncc(-c3cc(NC(=O)c4n[nH]c5c4CCCC5(C)C)ccc3C)cc2cn1. The molecule has 4 aromatic rings. The third-order valence-electron chi connectivity index (χ3n) is 6.62. The summed E-state index contributed by atoms with van der Waals surface area (Å²) in [6.07, 6.45) is 6.72. The van der Waals surface area contributed by atoms with Crippen molar-refractivity contribution >= 4 is 28.3 Å². The lowest BCUT2D eigenvalue weighted by Gasteiger charge is -2.29. The van der Waals surface area contributed by atoms with E-state index in [0.717, 1.165) is 69.6 Å². The van der Waals surface area contributed by atoms with Crippen molar-refractivity contribution in [2.24, 2.45) is 0 Å². The highest BCUT2D eigenvalue weighted by molar-refractivity contribution is 6.04. The fourth-order valence-electron chi connectivity index (χ4n) is 4.70. The third kappa shape index (κ3) is 3.84. The number of aromatic amines is 1. The van der Waals surface area contributed by atoms with E-state index in [0.29, 0.717) is 5.69 Å². The van der Waals surface area contributed by atoms with Crippen molar-refractivity contribution in [2.75, 3.05) is 17.7 Å². The molecule has 1 amide bonds. The highest BCUT2D eigenvalue weighted by atomic mass is 16.1. The highest BCUT2D eigenvalue weighted by Crippen LogP contribution is 2.37. The van der Waals surface area contributed by atoms with Gasteiger partial charge in [-0.05, 0) is 55.5 Å². The van der Waals surface area contributed by atoms with Crippen LogP contribution in [-0.2, 0) is 11.8 Å². The predicted octanol–water partition coefficient (Wildman–Crippen LogP) is 5.24. The first-order valence-corrected chi connectivity index (χ1v) is 11.3. The molecule has 5 rings (SSSR count). The van der Waals surface area contributed by atoms with Gasteiger partial charge in [-0.25, -0.2) is 4.98 Å². The first-order chi connectivity index (χ1) is 15.9. The number of amides is 1. The molecule has 33 heavy (non-hydrogen) atoms. The molecule has 168 valence electrons. The molecule has 0 bridgehead atoms. The van der Waals surface area contributed by atoms with Crippen LogP contribution in [0.2, 0.25) is 0 Å². The predicted molar refractivity (Wildman–Crippen MR) is 132 cm³/mol. The maximum atomic E-state index is 13.1. The zero-order valence-electron chi connectivity index (χ0n) is 19.4. The molecule has 0 atom stereocenters. The summed E-state index contributed by atoms with van der Waals surface area (Å²) in [6.45, 7) is 6.45. The topological polar surface area (TPSA) is 95.6 Å². The van der Waals surface area contributed by atoms with Crippen molar-refractivity contribution in [3.05, 3.63) is 65.2 Å². The smallest absolute Gasteiger partial charge is 0.276 e. The van der Waals surface area contributed by atoms with E-state index in [-0.39, 0.29) is 11.3 Å². The number of hydrogen-bond donors (Lipinski definition) is 3. The van der Waals surface area contributed by atoms with Crippen LogP contribution in [0.1, 0.15) is 54.0 Å². The van der Waals surface area contributed by atoms with Gasteiger partial charge in [0.1, 0.15) is 5.82 Å². The Morgan fingerprint density at radius 3 is 2.79 bits per heavy atom. The molecule has 0 aliphatic heterocycles. The molecule has 1 aliphatic rings. The summed E-state index contributed by atoms with van der Waals surface area (Å²) in [7, 11) is 1.84. The van der Waals surface area contributed by atoms with E-state index in [1.165, 1.54) is 0 Å². The fourth-order valence-corrected chi connectivity index (χ4v) is 4.70. The highest BCUT2D eigenvalue weighted by Gasteiger charge is 2.33. The van der Waals surface area contributed by atoms with Gasteiger partial charge in [0.15, 0.2) is 5.69 Å². The van der Waals surface area contributed by atoms with Gasteiger partial charge in [0, 0.05) is 58.8 Å². The normalized spacial score (nSPS) is 14.7. The van der Waals surface area contributed by atoms with Gasteiger partial charge in [-0.3, -0.25) is 14.9 Å². The number of pyridine rings is 2. The fraction of sp³-hybridized carbons (Fsp3) is 0.308. The van der Waals surface area contributed by atoms with Gasteiger partial charge in [-0.15, -0.1) is 0 Å². The molecular weight excluding hydrogens is 412 g/mol. The van der Waals surface area contributed by atoms with Crippen LogP contribution in [0, 0.1) is 6.92 Å². The number of H-pyrrole nitrogens is 1. The molecule has 1 aromatic carbocycles. The summed E-state index contributed by atoms with van der Waals surface area (Å²) in [4.78, 5) is 22.1. The standard InChI is InChI=1S/C26H28N6O/c1-15-7-8-18(30-25(33)23-19-6-5-9-26(2,3)24(19)32-31-23)11-20(15)16-10-17-14-29-22(27-4)12-21(17)28-13-16/h7-8,10-14H,5-6,9H2,1-4H3,(H,27,29)(H,30,33)(H,31,32). The summed E-state index contributed by atoms with van der Waals surface area (Å²) in [5.74, 6) is 0.605. The van der Waals surface area contributed by atoms with Gasteiger partial charge < -0.3 is 10.6 Å². The molecule has 0 saturated heterocycles. The number of fused-ring (bicyclic) bond motifs is 2. The van der Waals surface area contributed by atoms with Crippen molar-refractivity contribution in [2.45, 2.75) is 45.4 Å². The molecule has 1 aliphatic carbocycles. The van der Waals surface area contributed by atoms with E-state index in [1.807, 2.05) is 43.7 Å². The minimum absolute atomic E-state index is 0.0159. The van der Waals surface area contributed by atoms with Crippen LogP contribution in [0.5, 0.6) is 0 Å². The average Bonchev–Trinajstić information content (AvgIpc) is 3.25. The molecule has 0 saturated carbocycles. The zero-order valence-corrected chi connectivity index (χ0v) is 19.4. The molecule has 7 nitrogen and oxygen atoms in total. The summed E-state index contributed by atoms with van der Waals surface area (Å²) in [5, 5.41) is 14.6. The summed E-state index contributed by atoms with van der Waals surface area (Å²) >= 11 is 0. The Morgan fingerprint density at radius 2 is 1.97 bits per heavy atom. The second kappa shape index (κ2) is 7.99. The lowest BCUT2D eigenvalue weighted by atomic mass is 9.76. The summed E-state index contributed by atoms with van der Waals surface area (Å²) in [6, 6.07) is 9.94.